The Labute approximate surface area is 209 Å². The highest BCUT2D eigenvalue weighted by Crippen LogP contribution is 2.28. The van der Waals surface area contributed by atoms with Crippen molar-refractivity contribution in [2.24, 2.45) is 0 Å². The van der Waals surface area contributed by atoms with Crippen LogP contribution in [0.1, 0.15) is 16.8 Å². The number of hydrogen-bond acceptors (Lipinski definition) is 4. The van der Waals surface area contributed by atoms with Crippen LogP contribution in [0.4, 0.5) is 16.2 Å². The van der Waals surface area contributed by atoms with Gasteiger partial charge in [-0.05, 0) is 43.7 Å². The highest BCUT2D eigenvalue weighted by atomic mass is 35.5. The van der Waals surface area contributed by atoms with Gasteiger partial charge in [-0.25, -0.2) is 0 Å². The first kappa shape index (κ1) is 25.6. The topological polar surface area (TPSA) is 81.8 Å². The Hall–Kier alpha value is -3.07. The highest BCUT2D eigenvalue weighted by molar-refractivity contribution is 7.96. The fourth-order valence-electron chi connectivity index (χ4n) is 3.44. The SMILES string of the molecule is CN(C)CCNC(=O)c1ccc(NC(=O)CCN(C(=O)S)c2cccc3ccccc23)c(Cl)c1. The largest absolute Gasteiger partial charge is 0.351 e. The van der Waals surface area contributed by atoms with E-state index < -0.39 is 5.24 Å². The summed E-state index contributed by atoms with van der Waals surface area (Å²) in [5.41, 5.74) is 1.49. The molecule has 3 aromatic rings. The third-order valence-corrected chi connectivity index (χ3v) is 5.75. The number of rotatable bonds is 9. The van der Waals surface area contributed by atoms with E-state index in [0.29, 0.717) is 23.5 Å². The second-order valence-electron chi connectivity index (χ2n) is 7.98. The van der Waals surface area contributed by atoms with Gasteiger partial charge in [0.2, 0.25) is 5.91 Å². The van der Waals surface area contributed by atoms with Crippen LogP contribution in [-0.2, 0) is 4.79 Å². The maximum Gasteiger partial charge on any atom is 0.283 e. The van der Waals surface area contributed by atoms with Gasteiger partial charge in [-0.2, -0.15) is 0 Å². The molecule has 0 aliphatic heterocycles. The molecule has 0 saturated heterocycles. The van der Waals surface area contributed by atoms with Crippen LogP contribution in [0.5, 0.6) is 0 Å². The molecule has 0 bridgehead atoms. The van der Waals surface area contributed by atoms with Gasteiger partial charge in [0.1, 0.15) is 0 Å². The molecule has 3 rings (SSSR count). The van der Waals surface area contributed by atoms with Crippen molar-refractivity contribution >= 4 is 63.4 Å². The number of nitrogens with zero attached hydrogens (tertiary/aromatic N) is 2. The summed E-state index contributed by atoms with van der Waals surface area (Å²) in [7, 11) is 3.85. The maximum absolute atomic E-state index is 12.6. The summed E-state index contributed by atoms with van der Waals surface area (Å²) in [5.74, 6) is -0.551. The highest BCUT2D eigenvalue weighted by Gasteiger charge is 2.17. The van der Waals surface area contributed by atoms with Crippen molar-refractivity contribution < 1.29 is 14.4 Å². The molecule has 0 atom stereocenters. The Balaban J connectivity index is 1.63. The molecule has 178 valence electrons. The first-order valence-corrected chi connectivity index (χ1v) is 11.6. The minimum absolute atomic E-state index is 0.0403. The van der Waals surface area contributed by atoms with Crippen molar-refractivity contribution in [3.8, 4) is 0 Å². The quantitative estimate of drug-likeness (QED) is 0.374. The molecule has 34 heavy (non-hydrogen) atoms. The van der Waals surface area contributed by atoms with E-state index in [1.54, 1.807) is 12.1 Å². The monoisotopic (exact) mass is 498 g/mol. The predicted octanol–water partition coefficient (Wildman–Crippen LogP) is 4.67. The molecule has 0 unspecified atom stereocenters. The first-order valence-electron chi connectivity index (χ1n) is 10.8. The third-order valence-electron chi connectivity index (χ3n) is 5.20. The lowest BCUT2D eigenvalue weighted by atomic mass is 10.1. The smallest absolute Gasteiger partial charge is 0.283 e. The van der Waals surface area contributed by atoms with E-state index in [2.05, 4.69) is 23.3 Å². The van der Waals surface area contributed by atoms with Crippen molar-refractivity contribution in [2.45, 2.75) is 6.42 Å². The van der Waals surface area contributed by atoms with Crippen molar-refractivity contribution in [3.63, 3.8) is 0 Å². The van der Waals surface area contributed by atoms with E-state index in [-0.39, 0.29) is 29.8 Å². The standard InChI is InChI=1S/C25H27ClN4O3S/c1-29(2)15-13-27-24(32)18-10-11-21(20(26)16-18)28-23(31)12-14-30(25(33)34)22-9-5-7-17-6-3-4-8-19(17)22/h3-11,16H,12-15H2,1-2H3,(H,27,32)(H,28,31)(H,33,34). The summed E-state index contributed by atoms with van der Waals surface area (Å²) in [4.78, 5) is 40.5. The van der Waals surface area contributed by atoms with Gasteiger partial charge in [0, 0.05) is 37.0 Å². The number of fused-ring (bicyclic) bond motifs is 1. The van der Waals surface area contributed by atoms with Crippen LogP contribution >= 0.6 is 24.2 Å². The van der Waals surface area contributed by atoms with Gasteiger partial charge >= 0.3 is 0 Å². The molecule has 0 saturated carbocycles. The van der Waals surface area contributed by atoms with Crippen molar-refractivity contribution in [1.29, 1.82) is 0 Å². The molecule has 3 amide bonds. The van der Waals surface area contributed by atoms with Crippen LogP contribution < -0.4 is 15.5 Å². The van der Waals surface area contributed by atoms with Crippen LogP contribution in [0, 0.1) is 0 Å². The number of carbonyl (C=O) groups is 3. The molecule has 0 spiro atoms. The molecule has 0 heterocycles. The Morgan fingerprint density at radius 2 is 1.71 bits per heavy atom. The molecule has 0 aliphatic rings. The zero-order valence-electron chi connectivity index (χ0n) is 19.0. The Morgan fingerprint density at radius 3 is 2.41 bits per heavy atom. The molecule has 0 fully saturated rings. The van der Waals surface area contributed by atoms with Gasteiger partial charge in [-0.15, -0.1) is 0 Å². The van der Waals surface area contributed by atoms with Crippen LogP contribution in [0.15, 0.2) is 60.7 Å². The Morgan fingerprint density at radius 1 is 0.971 bits per heavy atom. The fourth-order valence-corrected chi connectivity index (χ4v) is 3.88. The normalized spacial score (nSPS) is 10.9. The second kappa shape index (κ2) is 11.9. The lowest BCUT2D eigenvalue weighted by molar-refractivity contribution is -0.116. The minimum Gasteiger partial charge on any atom is -0.351 e. The summed E-state index contributed by atoms with van der Waals surface area (Å²) in [6.45, 7) is 1.38. The number of hydrogen-bond donors (Lipinski definition) is 3. The summed E-state index contributed by atoms with van der Waals surface area (Å²) >= 11 is 10.3. The van der Waals surface area contributed by atoms with Gasteiger partial charge in [-0.3, -0.25) is 14.4 Å². The summed E-state index contributed by atoms with van der Waals surface area (Å²) in [6, 6.07) is 18.1. The average Bonchev–Trinajstić information content (AvgIpc) is 2.80. The molecule has 2 N–H and O–H groups in total. The van der Waals surface area contributed by atoms with E-state index >= 15 is 0 Å². The van der Waals surface area contributed by atoms with E-state index in [1.807, 2.05) is 61.5 Å². The van der Waals surface area contributed by atoms with E-state index in [0.717, 1.165) is 17.3 Å². The molecule has 9 heteroatoms. The lowest BCUT2D eigenvalue weighted by Gasteiger charge is -2.22. The zero-order chi connectivity index (χ0) is 24.7. The minimum atomic E-state index is -0.452. The molecule has 0 aromatic heterocycles. The summed E-state index contributed by atoms with van der Waals surface area (Å²) in [5, 5.41) is 7.25. The van der Waals surface area contributed by atoms with Crippen LogP contribution in [-0.4, -0.2) is 55.7 Å². The zero-order valence-corrected chi connectivity index (χ0v) is 20.7. The fraction of sp³-hybridized carbons (Fsp3) is 0.240. The van der Waals surface area contributed by atoms with E-state index in [1.165, 1.54) is 11.0 Å². The van der Waals surface area contributed by atoms with Crippen LogP contribution in [0.2, 0.25) is 5.02 Å². The Bertz CT molecular complexity index is 1200. The number of nitrogens with one attached hydrogen (secondary N) is 2. The number of anilines is 2. The number of amides is 3. The number of carbonyl (C=O) groups excluding carboxylic acids is 3. The van der Waals surface area contributed by atoms with Gasteiger partial charge < -0.3 is 20.4 Å². The molecule has 7 nitrogen and oxygen atoms in total. The lowest BCUT2D eigenvalue weighted by Crippen LogP contribution is -2.31. The average molecular weight is 499 g/mol. The van der Waals surface area contributed by atoms with Gasteiger partial charge in [0.15, 0.2) is 0 Å². The molecule has 3 aromatic carbocycles. The van der Waals surface area contributed by atoms with Gasteiger partial charge in [0.05, 0.1) is 16.4 Å². The van der Waals surface area contributed by atoms with Crippen molar-refractivity contribution in [3.05, 3.63) is 71.2 Å². The number of benzene rings is 3. The van der Waals surface area contributed by atoms with Gasteiger partial charge in [0.25, 0.3) is 11.1 Å². The first-order chi connectivity index (χ1) is 16.3. The van der Waals surface area contributed by atoms with Crippen molar-refractivity contribution in [1.82, 2.24) is 10.2 Å². The molecular weight excluding hydrogens is 472 g/mol. The van der Waals surface area contributed by atoms with Crippen molar-refractivity contribution in [2.75, 3.05) is 43.9 Å². The maximum atomic E-state index is 12.6. The molecular formula is C25H27ClN4O3S. The van der Waals surface area contributed by atoms with E-state index in [4.69, 9.17) is 11.6 Å². The second-order valence-corrected chi connectivity index (χ2v) is 8.77. The number of likely N-dealkylation sites (N-methyl/N-ethyl adjacent to an activating group) is 1. The number of thiol groups is 1. The van der Waals surface area contributed by atoms with Crippen LogP contribution in [0.3, 0.4) is 0 Å². The molecule has 0 radical (unpaired) electrons. The number of halogens is 1. The summed E-state index contributed by atoms with van der Waals surface area (Å²) in [6.07, 6.45) is 0.0403. The molecule has 0 aliphatic carbocycles. The van der Waals surface area contributed by atoms with Crippen LogP contribution in [0.25, 0.3) is 10.8 Å². The Kier molecular flexibility index (Phi) is 8.92. The van der Waals surface area contributed by atoms with Gasteiger partial charge in [-0.1, -0.05) is 60.6 Å². The van der Waals surface area contributed by atoms with E-state index in [9.17, 15) is 14.4 Å². The third kappa shape index (κ3) is 6.72. The summed E-state index contributed by atoms with van der Waals surface area (Å²) < 4.78 is 0. The predicted molar refractivity (Wildman–Crippen MR) is 141 cm³/mol.